The van der Waals surface area contributed by atoms with Crippen molar-refractivity contribution in [3.05, 3.63) is 29.8 Å². The number of amides is 1. The van der Waals surface area contributed by atoms with Crippen LogP contribution in [0, 0.1) is 0 Å². The monoisotopic (exact) mass is 250 g/mol. The van der Waals surface area contributed by atoms with Crippen molar-refractivity contribution < 1.29 is 9.90 Å². The van der Waals surface area contributed by atoms with Crippen LogP contribution in [0.25, 0.3) is 0 Å². The Morgan fingerprint density at radius 2 is 2.06 bits per heavy atom. The molecule has 2 N–H and O–H groups in total. The Balaban J connectivity index is 2.57. The second-order valence-electron chi connectivity index (χ2n) is 4.65. The molecule has 0 fully saturated rings. The zero-order valence-electron chi connectivity index (χ0n) is 11.3. The molecule has 0 aliphatic heterocycles. The highest BCUT2D eigenvalue weighted by Crippen LogP contribution is 2.17. The van der Waals surface area contributed by atoms with E-state index in [-0.39, 0.29) is 17.7 Å². The first-order valence-corrected chi connectivity index (χ1v) is 6.31. The van der Waals surface area contributed by atoms with Gasteiger partial charge in [0.25, 0.3) is 0 Å². The molecule has 0 radical (unpaired) electrons. The van der Waals surface area contributed by atoms with Crippen molar-refractivity contribution in [2.75, 3.05) is 13.1 Å². The molecule has 0 heterocycles. The normalized spacial score (nSPS) is 10.9. The molecule has 0 aliphatic carbocycles. The van der Waals surface area contributed by atoms with E-state index in [2.05, 4.69) is 5.32 Å². The smallest absolute Gasteiger partial charge is 0.234 e. The van der Waals surface area contributed by atoms with E-state index in [0.717, 1.165) is 12.1 Å². The summed E-state index contributed by atoms with van der Waals surface area (Å²) < 4.78 is 0. The third kappa shape index (κ3) is 4.75. The van der Waals surface area contributed by atoms with Crippen molar-refractivity contribution in [3.8, 4) is 5.75 Å². The van der Waals surface area contributed by atoms with Crippen LogP contribution in [0.5, 0.6) is 5.75 Å². The highest BCUT2D eigenvalue weighted by molar-refractivity contribution is 5.78. The van der Waals surface area contributed by atoms with Gasteiger partial charge < -0.3 is 10.4 Å². The Kier molecular flexibility index (Phi) is 5.65. The van der Waals surface area contributed by atoms with E-state index in [4.69, 9.17) is 0 Å². The first-order chi connectivity index (χ1) is 8.52. The average Bonchev–Trinajstić information content (AvgIpc) is 2.30. The predicted molar refractivity (Wildman–Crippen MR) is 72.3 cm³/mol. The predicted octanol–water partition coefficient (Wildman–Crippen LogP) is 1.74. The summed E-state index contributed by atoms with van der Waals surface area (Å²) in [4.78, 5) is 13.7. The zero-order valence-corrected chi connectivity index (χ0v) is 11.3. The Morgan fingerprint density at radius 3 is 2.61 bits per heavy atom. The molecular weight excluding hydrogens is 228 g/mol. The van der Waals surface area contributed by atoms with Gasteiger partial charge >= 0.3 is 0 Å². The summed E-state index contributed by atoms with van der Waals surface area (Å²) in [6.45, 7) is 7.58. The molecule has 4 heteroatoms. The van der Waals surface area contributed by atoms with Crippen molar-refractivity contribution >= 4 is 5.91 Å². The van der Waals surface area contributed by atoms with Crippen molar-refractivity contribution in [3.63, 3.8) is 0 Å². The summed E-state index contributed by atoms with van der Waals surface area (Å²) in [5, 5.41) is 12.6. The van der Waals surface area contributed by atoms with E-state index in [9.17, 15) is 9.90 Å². The number of carbonyl (C=O) groups is 1. The van der Waals surface area contributed by atoms with Gasteiger partial charge in [-0.05, 0) is 26.5 Å². The highest BCUT2D eigenvalue weighted by atomic mass is 16.3. The van der Waals surface area contributed by atoms with Gasteiger partial charge in [-0.15, -0.1) is 0 Å². The van der Waals surface area contributed by atoms with Crippen LogP contribution in [-0.2, 0) is 11.3 Å². The van der Waals surface area contributed by atoms with Gasteiger partial charge in [-0.3, -0.25) is 9.69 Å². The number of aromatic hydroxyl groups is 1. The maximum Gasteiger partial charge on any atom is 0.234 e. The maximum absolute atomic E-state index is 11.7. The van der Waals surface area contributed by atoms with Crippen LogP contribution < -0.4 is 5.32 Å². The van der Waals surface area contributed by atoms with Crippen molar-refractivity contribution in [1.82, 2.24) is 10.2 Å². The van der Waals surface area contributed by atoms with Crippen LogP contribution in [0.4, 0.5) is 0 Å². The van der Waals surface area contributed by atoms with Gasteiger partial charge in [0, 0.05) is 18.2 Å². The minimum absolute atomic E-state index is 0.0160. The van der Waals surface area contributed by atoms with E-state index in [1.807, 2.05) is 37.8 Å². The molecular formula is C14H22N2O2. The lowest BCUT2D eigenvalue weighted by molar-refractivity contribution is -0.122. The van der Waals surface area contributed by atoms with Gasteiger partial charge in [-0.1, -0.05) is 25.1 Å². The molecule has 0 aliphatic rings. The fourth-order valence-electron chi connectivity index (χ4n) is 1.74. The fourth-order valence-corrected chi connectivity index (χ4v) is 1.74. The van der Waals surface area contributed by atoms with Gasteiger partial charge in [0.1, 0.15) is 5.75 Å². The molecule has 0 spiro atoms. The van der Waals surface area contributed by atoms with Crippen LogP contribution in [0.15, 0.2) is 24.3 Å². The summed E-state index contributed by atoms with van der Waals surface area (Å²) in [7, 11) is 0. The number of nitrogens with zero attached hydrogens (tertiary/aromatic N) is 1. The molecule has 0 saturated carbocycles. The molecule has 0 unspecified atom stereocenters. The quantitative estimate of drug-likeness (QED) is 0.808. The van der Waals surface area contributed by atoms with Gasteiger partial charge in [0.15, 0.2) is 0 Å². The van der Waals surface area contributed by atoms with Crippen LogP contribution in [0.2, 0.25) is 0 Å². The number of likely N-dealkylation sites (N-methyl/N-ethyl adjacent to an activating group) is 1. The Labute approximate surface area is 109 Å². The number of nitrogens with one attached hydrogen (secondary N) is 1. The standard InChI is InChI=1S/C14H22N2O2/c1-4-16(10-14(18)15-11(2)3)9-12-7-5-6-8-13(12)17/h5-8,11,17H,4,9-10H2,1-3H3,(H,15,18). The largest absolute Gasteiger partial charge is 0.508 e. The van der Waals surface area contributed by atoms with Gasteiger partial charge in [0.2, 0.25) is 5.91 Å². The van der Waals surface area contributed by atoms with E-state index in [1.165, 1.54) is 0 Å². The zero-order chi connectivity index (χ0) is 13.5. The fraction of sp³-hybridized carbons (Fsp3) is 0.500. The maximum atomic E-state index is 11.7. The number of hydrogen-bond acceptors (Lipinski definition) is 3. The first-order valence-electron chi connectivity index (χ1n) is 6.31. The van der Waals surface area contributed by atoms with Gasteiger partial charge in [-0.25, -0.2) is 0 Å². The lowest BCUT2D eigenvalue weighted by Crippen LogP contribution is -2.39. The van der Waals surface area contributed by atoms with Crippen LogP contribution >= 0.6 is 0 Å². The molecule has 1 aromatic rings. The lowest BCUT2D eigenvalue weighted by Gasteiger charge is -2.21. The third-order valence-corrected chi connectivity index (χ3v) is 2.65. The summed E-state index contributed by atoms with van der Waals surface area (Å²) in [6.07, 6.45) is 0. The number of phenols is 1. The molecule has 1 amide bonds. The summed E-state index contributed by atoms with van der Waals surface area (Å²) in [5.41, 5.74) is 0.844. The van der Waals surface area contributed by atoms with Gasteiger partial charge in [0.05, 0.1) is 6.54 Å². The minimum atomic E-state index is 0.0160. The summed E-state index contributed by atoms with van der Waals surface area (Å²) in [6, 6.07) is 7.37. The molecule has 1 aromatic carbocycles. The number of benzene rings is 1. The second kappa shape index (κ2) is 7.01. The minimum Gasteiger partial charge on any atom is -0.508 e. The Morgan fingerprint density at radius 1 is 1.39 bits per heavy atom. The highest BCUT2D eigenvalue weighted by Gasteiger charge is 2.11. The van der Waals surface area contributed by atoms with Crippen molar-refractivity contribution in [2.45, 2.75) is 33.4 Å². The van der Waals surface area contributed by atoms with E-state index >= 15 is 0 Å². The van der Waals surface area contributed by atoms with Crippen LogP contribution in [0.3, 0.4) is 0 Å². The van der Waals surface area contributed by atoms with Crippen molar-refractivity contribution in [1.29, 1.82) is 0 Å². The molecule has 18 heavy (non-hydrogen) atoms. The first kappa shape index (κ1) is 14.5. The van der Waals surface area contributed by atoms with E-state index in [0.29, 0.717) is 13.1 Å². The van der Waals surface area contributed by atoms with Crippen LogP contribution in [-0.4, -0.2) is 35.0 Å². The number of carbonyl (C=O) groups excluding carboxylic acids is 1. The molecule has 4 nitrogen and oxygen atoms in total. The summed E-state index contributed by atoms with van der Waals surface area (Å²) in [5.74, 6) is 0.294. The SMILES string of the molecule is CCN(CC(=O)NC(C)C)Cc1ccccc1O. The topological polar surface area (TPSA) is 52.6 Å². The average molecular weight is 250 g/mol. The molecule has 0 bridgehead atoms. The molecule has 100 valence electrons. The number of phenolic OH excluding ortho intramolecular Hbond substituents is 1. The number of rotatable bonds is 6. The second-order valence-corrected chi connectivity index (χ2v) is 4.65. The van der Waals surface area contributed by atoms with Crippen molar-refractivity contribution in [2.24, 2.45) is 0 Å². The molecule has 0 aromatic heterocycles. The molecule has 0 saturated heterocycles. The van der Waals surface area contributed by atoms with Crippen LogP contribution in [0.1, 0.15) is 26.3 Å². The van der Waals surface area contributed by atoms with E-state index in [1.54, 1.807) is 12.1 Å². The molecule has 1 rings (SSSR count). The Hall–Kier alpha value is -1.55. The van der Waals surface area contributed by atoms with Gasteiger partial charge in [-0.2, -0.15) is 0 Å². The van der Waals surface area contributed by atoms with E-state index < -0.39 is 0 Å². The summed E-state index contributed by atoms with van der Waals surface area (Å²) >= 11 is 0. The lowest BCUT2D eigenvalue weighted by atomic mass is 10.2. The number of hydrogen-bond donors (Lipinski definition) is 2. The third-order valence-electron chi connectivity index (χ3n) is 2.65. The molecule has 0 atom stereocenters. The Bertz CT molecular complexity index is 391. The number of para-hydroxylation sites is 1.